The predicted molar refractivity (Wildman–Crippen MR) is 96.0 cm³/mol. The molecule has 0 saturated carbocycles. The Hall–Kier alpha value is -1.60. The number of aromatic nitrogens is 2. The Kier molecular flexibility index (Phi) is 3.77. The second kappa shape index (κ2) is 5.79. The highest BCUT2D eigenvalue weighted by atomic mass is 32.2. The van der Waals surface area contributed by atoms with Crippen LogP contribution < -0.4 is 10.2 Å². The van der Waals surface area contributed by atoms with E-state index in [2.05, 4.69) is 32.4 Å². The van der Waals surface area contributed by atoms with Gasteiger partial charge in [0.25, 0.3) is 0 Å². The van der Waals surface area contributed by atoms with Crippen molar-refractivity contribution in [1.82, 2.24) is 15.3 Å². The molecule has 4 rings (SSSR count). The molecule has 2 aromatic rings. The molecule has 128 valence electrons. The first-order valence-electron chi connectivity index (χ1n) is 8.25. The number of anilines is 1. The summed E-state index contributed by atoms with van der Waals surface area (Å²) in [7, 11) is -2.86. The number of pyridine rings is 1. The number of rotatable bonds is 2. The van der Waals surface area contributed by atoms with Gasteiger partial charge in [-0.1, -0.05) is 0 Å². The summed E-state index contributed by atoms with van der Waals surface area (Å²) in [6.07, 6.45) is 6.25. The van der Waals surface area contributed by atoms with E-state index in [0.717, 1.165) is 37.3 Å². The molecule has 2 aliphatic heterocycles. The van der Waals surface area contributed by atoms with Crippen LogP contribution in [-0.4, -0.2) is 56.1 Å². The molecule has 0 atom stereocenters. The van der Waals surface area contributed by atoms with Crippen LogP contribution in [0.3, 0.4) is 0 Å². The second-order valence-corrected chi connectivity index (χ2v) is 8.80. The average Bonchev–Trinajstić information content (AvgIpc) is 2.99. The first-order chi connectivity index (χ1) is 11.1. The number of hydrogen-bond acceptors (Lipinski definition) is 5. The summed E-state index contributed by atoms with van der Waals surface area (Å²) in [5.74, 6) is 1.04. The van der Waals surface area contributed by atoms with Gasteiger partial charge in [-0.25, -0.2) is 13.4 Å². The molecule has 2 saturated heterocycles. The van der Waals surface area contributed by atoms with Gasteiger partial charge >= 0.3 is 0 Å². The maximum atomic E-state index is 11.6. The predicted octanol–water partition coefficient (Wildman–Crippen LogP) is 1.76. The summed E-state index contributed by atoms with van der Waals surface area (Å²) < 4.78 is 23.2. The molecular weight excluding hydrogens is 312 g/mol. The Morgan fingerprint density at radius 3 is 2.70 bits per heavy atom. The Labute approximate surface area is 139 Å². The molecule has 0 radical (unpaired) electrons. The van der Waals surface area contributed by atoms with Gasteiger partial charge in [0, 0.05) is 27.5 Å². The van der Waals surface area contributed by atoms with Gasteiger partial charge in [-0.15, -0.1) is 0 Å². The van der Waals surface area contributed by atoms with Gasteiger partial charge in [-0.2, -0.15) is 0 Å². The molecule has 7 heteroatoms. The lowest BCUT2D eigenvalue weighted by Crippen LogP contribution is -2.40. The molecule has 0 bridgehead atoms. The van der Waals surface area contributed by atoms with Gasteiger partial charge in [-0.3, -0.25) is 0 Å². The highest BCUT2D eigenvalue weighted by molar-refractivity contribution is 7.91. The first kappa shape index (κ1) is 15.0. The van der Waals surface area contributed by atoms with Crippen molar-refractivity contribution in [1.29, 1.82) is 0 Å². The number of H-pyrrole nitrogens is 1. The van der Waals surface area contributed by atoms with E-state index in [9.17, 15) is 8.42 Å². The minimum atomic E-state index is -2.86. The normalized spacial score (nSPS) is 22.5. The first-order valence-corrected chi connectivity index (χ1v) is 10.1. The van der Waals surface area contributed by atoms with E-state index in [1.807, 2.05) is 6.20 Å². The fraction of sp³-hybridized carbons (Fsp3) is 0.562. The Balaban J connectivity index is 0.00000113. The van der Waals surface area contributed by atoms with Crippen LogP contribution in [0.15, 0.2) is 18.5 Å². The van der Waals surface area contributed by atoms with E-state index >= 15 is 0 Å². The zero-order valence-electron chi connectivity index (χ0n) is 13.1. The molecule has 0 amide bonds. The number of nitrogens with one attached hydrogen (secondary N) is 2. The quantitative estimate of drug-likeness (QED) is 0.872. The highest BCUT2D eigenvalue weighted by Gasteiger charge is 2.23. The lowest BCUT2D eigenvalue weighted by atomic mass is 9.90. The van der Waals surface area contributed by atoms with Crippen molar-refractivity contribution in [2.24, 2.45) is 0 Å². The summed E-state index contributed by atoms with van der Waals surface area (Å²) in [4.78, 5) is 9.96. The standard InChI is InChI=1S/C16H22N4O2S.2H2/c21-23(22)7-5-20(6-8-23)13-9-14-15(11-19-16(14)18-10-13)12-1-3-17-4-2-12;;/h9-12,17H,1-8H2,(H,18,19);2*1H. The van der Waals surface area contributed by atoms with E-state index < -0.39 is 9.84 Å². The van der Waals surface area contributed by atoms with Crippen LogP contribution in [0.1, 0.15) is 27.2 Å². The maximum absolute atomic E-state index is 11.6. The van der Waals surface area contributed by atoms with Crippen LogP contribution in [-0.2, 0) is 9.84 Å². The van der Waals surface area contributed by atoms with Crippen molar-refractivity contribution < 1.29 is 11.3 Å². The molecule has 2 N–H and O–H groups in total. The molecule has 2 aromatic heterocycles. The summed E-state index contributed by atoms with van der Waals surface area (Å²) >= 11 is 0. The number of sulfone groups is 1. The van der Waals surface area contributed by atoms with E-state index in [4.69, 9.17) is 0 Å². The van der Waals surface area contributed by atoms with Crippen LogP contribution in [0.5, 0.6) is 0 Å². The Morgan fingerprint density at radius 2 is 1.96 bits per heavy atom. The van der Waals surface area contributed by atoms with E-state index in [1.54, 1.807) is 0 Å². The third kappa shape index (κ3) is 2.95. The van der Waals surface area contributed by atoms with Crippen molar-refractivity contribution in [3.63, 3.8) is 0 Å². The van der Waals surface area contributed by atoms with Gasteiger partial charge in [0.15, 0.2) is 9.84 Å². The van der Waals surface area contributed by atoms with Crippen molar-refractivity contribution in [3.8, 4) is 0 Å². The summed E-state index contributed by atoms with van der Waals surface area (Å²) in [5, 5.41) is 4.59. The van der Waals surface area contributed by atoms with Crippen LogP contribution in [0.25, 0.3) is 11.0 Å². The summed E-state index contributed by atoms with van der Waals surface area (Å²) in [6.45, 7) is 3.24. The minimum absolute atomic E-state index is 0. The van der Waals surface area contributed by atoms with E-state index in [0.29, 0.717) is 19.0 Å². The van der Waals surface area contributed by atoms with Crippen molar-refractivity contribution >= 4 is 26.6 Å². The van der Waals surface area contributed by atoms with Crippen LogP contribution in [0, 0.1) is 0 Å². The zero-order chi connectivity index (χ0) is 15.9. The smallest absolute Gasteiger partial charge is 0.153 e. The largest absolute Gasteiger partial charge is 0.368 e. The summed E-state index contributed by atoms with van der Waals surface area (Å²) in [6, 6.07) is 2.17. The number of nitrogens with zero attached hydrogens (tertiary/aromatic N) is 2. The summed E-state index contributed by atoms with van der Waals surface area (Å²) in [5.41, 5.74) is 3.30. The molecule has 2 aliphatic rings. The molecule has 0 unspecified atom stereocenters. The molecule has 0 aromatic carbocycles. The topological polar surface area (TPSA) is 78.1 Å². The highest BCUT2D eigenvalue weighted by Crippen LogP contribution is 2.32. The molecule has 2 fully saturated rings. The van der Waals surface area contributed by atoms with Crippen LogP contribution in [0.2, 0.25) is 0 Å². The van der Waals surface area contributed by atoms with Gasteiger partial charge < -0.3 is 15.2 Å². The SMILES string of the molecule is O=S1(=O)CCN(c2cnc3[nH]cc(C4CCNCC4)c3c2)CC1.[HH].[HH]. The van der Waals surface area contributed by atoms with Crippen LogP contribution >= 0.6 is 0 Å². The molecule has 4 heterocycles. The van der Waals surface area contributed by atoms with Crippen molar-refractivity contribution in [2.75, 3.05) is 42.6 Å². The number of piperidine rings is 1. The minimum Gasteiger partial charge on any atom is -0.368 e. The molecule has 23 heavy (non-hydrogen) atoms. The average molecular weight is 338 g/mol. The molecule has 0 spiro atoms. The fourth-order valence-corrected chi connectivity index (χ4v) is 4.83. The lowest BCUT2D eigenvalue weighted by Gasteiger charge is -2.28. The van der Waals surface area contributed by atoms with Gasteiger partial charge in [-0.05, 0) is 43.5 Å². The number of fused-ring (bicyclic) bond motifs is 1. The second-order valence-electron chi connectivity index (χ2n) is 6.50. The zero-order valence-corrected chi connectivity index (χ0v) is 13.9. The number of hydrogen-bond donors (Lipinski definition) is 2. The monoisotopic (exact) mass is 338 g/mol. The van der Waals surface area contributed by atoms with Gasteiger partial charge in [0.2, 0.25) is 0 Å². The molecule has 0 aliphatic carbocycles. The third-order valence-electron chi connectivity index (χ3n) is 5.04. The third-order valence-corrected chi connectivity index (χ3v) is 6.65. The van der Waals surface area contributed by atoms with Crippen molar-refractivity contribution in [3.05, 3.63) is 24.0 Å². The Bertz CT molecular complexity index is 805. The lowest BCUT2D eigenvalue weighted by molar-refractivity contribution is 0.462. The van der Waals surface area contributed by atoms with Gasteiger partial charge in [0.1, 0.15) is 5.65 Å². The Morgan fingerprint density at radius 1 is 1.22 bits per heavy atom. The molecule has 6 nitrogen and oxygen atoms in total. The fourth-order valence-electron chi connectivity index (χ4n) is 3.63. The van der Waals surface area contributed by atoms with Gasteiger partial charge in [0.05, 0.1) is 23.4 Å². The van der Waals surface area contributed by atoms with E-state index in [-0.39, 0.29) is 14.4 Å². The molecular formula is C16H26N4O2S. The van der Waals surface area contributed by atoms with Crippen LogP contribution in [0.4, 0.5) is 5.69 Å². The number of aromatic amines is 1. The van der Waals surface area contributed by atoms with E-state index in [1.165, 1.54) is 10.9 Å². The van der Waals surface area contributed by atoms with Crippen molar-refractivity contribution in [2.45, 2.75) is 18.8 Å². The maximum Gasteiger partial charge on any atom is 0.153 e.